The van der Waals surface area contributed by atoms with Crippen LogP contribution in [0, 0.1) is 0 Å². The Bertz CT molecular complexity index is 1080. The third kappa shape index (κ3) is 3.52. The number of amides is 1. The van der Waals surface area contributed by atoms with E-state index in [1.54, 1.807) is 4.40 Å². The van der Waals surface area contributed by atoms with Gasteiger partial charge in [0.2, 0.25) is 0 Å². The summed E-state index contributed by atoms with van der Waals surface area (Å²) in [5.41, 5.74) is 1.86. The second-order valence-corrected chi connectivity index (χ2v) is 6.46. The molecule has 2 aromatic carbocycles. The molecule has 0 saturated heterocycles. The number of nitrogens with one attached hydrogen (secondary N) is 1. The minimum absolute atomic E-state index is 0.00361. The minimum atomic E-state index is -2.91. The maximum atomic E-state index is 12.7. The zero-order valence-corrected chi connectivity index (χ0v) is 14.6. The average Bonchev–Trinajstić information content (AvgIpc) is 3.25. The normalized spacial score (nSPS) is 11.1. The number of carbonyl (C=O) groups excluding carboxylic acids is 1. The minimum Gasteiger partial charge on any atom is -0.435 e. The predicted molar refractivity (Wildman–Crippen MR) is 99.5 cm³/mol. The molecule has 0 aliphatic heterocycles. The number of rotatable bonds is 5. The van der Waals surface area contributed by atoms with Gasteiger partial charge < -0.3 is 10.1 Å². The Morgan fingerprint density at radius 3 is 2.56 bits per heavy atom. The fourth-order valence-electron chi connectivity index (χ4n) is 2.67. The van der Waals surface area contributed by atoms with E-state index >= 15 is 0 Å². The van der Waals surface area contributed by atoms with Crippen LogP contribution in [0.1, 0.15) is 10.4 Å². The van der Waals surface area contributed by atoms with E-state index in [-0.39, 0.29) is 11.7 Å². The van der Waals surface area contributed by atoms with Crippen LogP contribution in [0.3, 0.4) is 0 Å². The van der Waals surface area contributed by atoms with Crippen molar-refractivity contribution in [3.63, 3.8) is 0 Å². The fraction of sp³-hybridized carbons (Fsp3) is 0.0526. The molecule has 0 unspecified atom stereocenters. The number of imidazole rings is 1. The van der Waals surface area contributed by atoms with Crippen molar-refractivity contribution in [3.8, 4) is 17.0 Å². The van der Waals surface area contributed by atoms with Crippen LogP contribution in [0.4, 0.5) is 14.6 Å². The SMILES string of the molecule is O=C(Nc1c(-c2ccccc2)nc2sccn12)c1ccc(OC(F)F)cc1. The number of anilines is 1. The summed E-state index contributed by atoms with van der Waals surface area (Å²) in [6.07, 6.45) is 1.83. The Hall–Kier alpha value is -3.26. The lowest BCUT2D eigenvalue weighted by Gasteiger charge is -2.08. The van der Waals surface area contributed by atoms with Crippen molar-refractivity contribution in [3.05, 3.63) is 71.7 Å². The lowest BCUT2D eigenvalue weighted by Crippen LogP contribution is -2.14. The van der Waals surface area contributed by atoms with E-state index < -0.39 is 6.61 Å². The number of hydrogen-bond acceptors (Lipinski definition) is 4. The molecule has 1 amide bonds. The quantitative estimate of drug-likeness (QED) is 0.531. The molecule has 0 spiro atoms. The van der Waals surface area contributed by atoms with Gasteiger partial charge in [-0.1, -0.05) is 30.3 Å². The number of aromatic nitrogens is 2. The van der Waals surface area contributed by atoms with Gasteiger partial charge >= 0.3 is 6.61 Å². The molecule has 0 saturated carbocycles. The highest BCUT2D eigenvalue weighted by Crippen LogP contribution is 2.31. The molecule has 5 nitrogen and oxygen atoms in total. The van der Waals surface area contributed by atoms with Crippen molar-refractivity contribution in [2.75, 3.05) is 5.32 Å². The van der Waals surface area contributed by atoms with Gasteiger partial charge in [-0.3, -0.25) is 9.20 Å². The first-order valence-corrected chi connectivity index (χ1v) is 8.87. The third-order valence-electron chi connectivity index (χ3n) is 3.88. The number of fused-ring (bicyclic) bond motifs is 1. The van der Waals surface area contributed by atoms with Crippen LogP contribution >= 0.6 is 11.3 Å². The first-order chi connectivity index (χ1) is 13.1. The number of halogens is 2. The molecule has 136 valence electrons. The average molecular weight is 385 g/mol. The van der Waals surface area contributed by atoms with Crippen molar-refractivity contribution in [1.82, 2.24) is 9.38 Å². The summed E-state index contributed by atoms with van der Waals surface area (Å²) < 4.78 is 30.6. The van der Waals surface area contributed by atoms with Gasteiger partial charge in [0.05, 0.1) is 0 Å². The van der Waals surface area contributed by atoms with Crippen molar-refractivity contribution in [2.24, 2.45) is 0 Å². The van der Waals surface area contributed by atoms with Crippen LogP contribution < -0.4 is 10.1 Å². The van der Waals surface area contributed by atoms with Gasteiger partial charge in [0.25, 0.3) is 5.91 Å². The highest BCUT2D eigenvalue weighted by Gasteiger charge is 2.18. The fourth-order valence-corrected chi connectivity index (χ4v) is 3.38. The summed E-state index contributed by atoms with van der Waals surface area (Å²) in [6.45, 7) is -2.91. The van der Waals surface area contributed by atoms with Crippen molar-refractivity contribution < 1.29 is 18.3 Å². The summed E-state index contributed by atoms with van der Waals surface area (Å²) in [7, 11) is 0. The lowest BCUT2D eigenvalue weighted by molar-refractivity contribution is -0.0498. The van der Waals surface area contributed by atoms with Gasteiger partial charge in [-0.05, 0) is 24.3 Å². The smallest absolute Gasteiger partial charge is 0.387 e. The van der Waals surface area contributed by atoms with Crippen LogP contribution in [0.5, 0.6) is 5.75 Å². The van der Waals surface area contributed by atoms with Gasteiger partial charge in [0.1, 0.15) is 17.3 Å². The first kappa shape index (κ1) is 17.2. The predicted octanol–water partition coefficient (Wildman–Crippen LogP) is 4.92. The third-order valence-corrected chi connectivity index (χ3v) is 4.64. The molecule has 1 N–H and O–H groups in total. The van der Waals surface area contributed by atoms with E-state index in [9.17, 15) is 13.6 Å². The van der Waals surface area contributed by atoms with Crippen LogP contribution in [0.15, 0.2) is 66.2 Å². The molecule has 2 aromatic heterocycles. The monoisotopic (exact) mass is 385 g/mol. The molecular weight excluding hydrogens is 372 g/mol. The molecule has 4 rings (SSSR count). The van der Waals surface area contributed by atoms with E-state index in [0.29, 0.717) is 17.1 Å². The molecule has 0 aliphatic carbocycles. The zero-order chi connectivity index (χ0) is 18.8. The van der Waals surface area contributed by atoms with Crippen molar-refractivity contribution in [1.29, 1.82) is 0 Å². The van der Waals surface area contributed by atoms with Gasteiger partial charge in [0, 0.05) is 22.7 Å². The molecule has 8 heteroatoms. The summed E-state index contributed by atoms with van der Waals surface area (Å²) in [5, 5.41) is 4.75. The Morgan fingerprint density at radius 2 is 1.85 bits per heavy atom. The van der Waals surface area contributed by atoms with E-state index in [1.165, 1.54) is 35.6 Å². The topological polar surface area (TPSA) is 55.6 Å². The summed E-state index contributed by atoms with van der Waals surface area (Å²) in [4.78, 5) is 18.0. The molecule has 0 aliphatic rings. The van der Waals surface area contributed by atoms with E-state index in [4.69, 9.17) is 0 Å². The highest BCUT2D eigenvalue weighted by atomic mass is 32.1. The van der Waals surface area contributed by atoms with Crippen LogP contribution in [0.25, 0.3) is 16.2 Å². The number of carbonyl (C=O) groups is 1. The van der Waals surface area contributed by atoms with E-state index in [1.807, 2.05) is 41.9 Å². The highest BCUT2D eigenvalue weighted by molar-refractivity contribution is 7.15. The number of thiazole rings is 1. The largest absolute Gasteiger partial charge is 0.435 e. The maximum Gasteiger partial charge on any atom is 0.387 e. The number of benzene rings is 2. The maximum absolute atomic E-state index is 12.7. The molecule has 0 atom stereocenters. The number of ether oxygens (including phenoxy) is 1. The Balaban J connectivity index is 1.65. The second kappa shape index (κ2) is 7.16. The molecular formula is C19H13F2N3O2S. The Morgan fingerprint density at radius 1 is 1.11 bits per heavy atom. The van der Waals surface area contributed by atoms with E-state index in [0.717, 1.165) is 10.5 Å². The van der Waals surface area contributed by atoms with Gasteiger partial charge in [-0.25, -0.2) is 4.98 Å². The van der Waals surface area contributed by atoms with E-state index in [2.05, 4.69) is 15.0 Å². The van der Waals surface area contributed by atoms with Crippen LogP contribution in [-0.4, -0.2) is 21.9 Å². The molecule has 0 radical (unpaired) electrons. The Kier molecular flexibility index (Phi) is 4.55. The molecule has 4 aromatic rings. The number of alkyl halides is 2. The number of hydrogen-bond donors (Lipinski definition) is 1. The Labute approximate surface area is 156 Å². The zero-order valence-electron chi connectivity index (χ0n) is 13.8. The lowest BCUT2D eigenvalue weighted by atomic mass is 10.1. The summed E-state index contributed by atoms with van der Waals surface area (Å²) in [6, 6.07) is 15.1. The summed E-state index contributed by atoms with van der Waals surface area (Å²) >= 11 is 1.46. The van der Waals surface area contributed by atoms with Gasteiger partial charge in [-0.2, -0.15) is 8.78 Å². The van der Waals surface area contributed by atoms with Crippen LogP contribution in [0.2, 0.25) is 0 Å². The molecule has 27 heavy (non-hydrogen) atoms. The van der Waals surface area contributed by atoms with Crippen molar-refractivity contribution in [2.45, 2.75) is 6.61 Å². The molecule has 0 fully saturated rings. The first-order valence-electron chi connectivity index (χ1n) is 7.99. The van der Waals surface area contributed by atoms with Gasteiger partial charge in [-0.15, -0.1) is 11.3 Å². The second-order valence-electron chi connectivity index (χ2n) is 5.59. The summed E-state index contributed by atoms with van der Waals surface area (Å²) in [5.74, 6) is 0.176. The number of nitrogens with zero attached hydrogens (tertiary/aromatic N) is 2. The molecule has 2 heterocycles. The van der Waals surface area contributed by atoms with Crippen molar-refractivity contribution >= 4 is 28.0 Å². The van der Waals surface area contributed by atoms with Crippen LogP contribution in [-0.2, 0) is 0 Å². The standard InChI is InChI=1S/C19H13F2N3O2S/c20-18(21)26-14-8-6-13(7-9-14)17(25)23-16-15(12-4-2-1-3-5-12)22-19-24(16)10-11-27-19/h1-11,18H,(H,23,25). The molecule has 0 bridgehead atoms. The van der Waals surface area contributed by atoms with Gasteiger partial charge in [0.15, 0.2) is 4.96 Å².